The molecule has 0 aliphatic carbocycles. The Morgan fingerprint density at radius 1 is 0.527 bits per heavy atom. The number of allylic oxidation sites excluding steroid dienone is 2. The van der Waals surface area contributed by atoms with E-state index >= 15 is 0 Å². The molecule has 0 aliphatic rings. The largest absolute Gasteiger partial charge is 0.544 e. The minimum atomic E-state index is -1.12. The third kappa shape index (κ3) is 37.4. The zero-order chi connectivity index (χ0) is 40.7. The highest BCUT2D eigenvalue weighted by atomic mass is 16.6. The molecule has 2 atom stereocenters. The zero-order valence-electron chi connectivity index (χ0n) is 36.9. The summed E-state index contributed by atoms with van der Waals surface area (Å²) in [4.78, 5) is 36.9. The van der Waals surface area contributed by atoms with Gasteiger partial charge in [-0.15, -0.1) is 0 Å². The molecule has 8 nitrogen and oxygen atoms in total. The van der Waals surface area contributed by atoms with Crippen LogP contribution in [0.25, 0.3) is 0 Å². The number of carbonyl (C=O) groups excluding carboxylic acids is 3. The van der Waals surface area contributed by atoms with Crippen LogP contribution in [0.1, 0.15) is 219 Å². The maximum atomic E-state index is 12.7. The van der Waals surface area contributed by atoms with E-state index in [-0.39, 0.29) is 42.7 Å². The van der Waals surface area contributed by atoms with Crippen molar-refractivity contribution in [1.29, 1.82) is 0 Å². The standard InChI is InChI=1S/C47H89NO7/c1-6-8-10-12-14-16-18-20-22-23-24-26-28-30-32-34-36-38-46(50)55-43(41-53-40-39-44(47(51)52)48(3,4)5)42-54-45(49)37-35-33-31-29-27-25-21-19-17-15-13-11-9-7-2/h20,22,43-44H,6-19,21,23-42H2,1-5H3/b22-20+. The summed E-state index contributed by atoms with van der Waals surface area (Å²) in [6.07, 6.45) is 40.8. The third-order valence-corrected chi connectivity index (χ3v) is 10.7. The van der Waals surface area contributed by atoms with E-state index in [1.807, 2.05) is 0 Å². The molecule has 0 aromatic heterocycles. The Hall–Kier alpha value is -1.93. The Bertz CT molecular complexity index is 915. The predicted octanol–water partition coefficient (Wildman–Crippen LogP) is 11.4. The summed E-state index contributed by atoms with van der Waals surface area (Å²) in [6, 6.07) is -0.722. The first kappa shape index (κ1) is 53.1. The molecule has 0 saturated carbocycles. The van der Waals surface area contributed by atoms with Gasteiger partial charge in [-0.2, -0.15) is 0 Å². The third-order valence-electron chi connectivity index (χ3n) is 10.7. The van der Waals surface area contributed by atoms with E-state index in [2.05, 4.69) is 26.0 Å². The van der Waals surface area contributed by atoms with Crippen molar-refractivity contribution in [3.63, 3.8) is 0 Å². The van der Waals surface area contributed by atoms with Crippen molar-refractivity contribution in [2.45, 2.75) is 231 Å². The number of carboxylic acid groups (broad SMARTS) is 1. The van der Waals surface area contributed by atoms with Crippen molar-refractivity contribution in [3.05, 3.63) is 12.2 Å². The number of likely N-dealkylation sites (N-methyl/N-ethyl adjacent to an activating group) is 1. The second-order valence-corrected chi connectivity index (χ2v) is 17.0. The molecule has 2 unspecified atom stereocenters. The van der Waals surface area contributed by atoms with Crippen molar-refractivity contribution >= 4 is 17.9 Å². The van der Waals surface area contributed by atoms with Crippen molar-refractivity contribution in [2.24, 2.45) is 0 Å². The molecule has 0 aromatic carbocycles. The number of hydrogen-bond acceptors (Lipinski definition) is 7. The quantitative estimate of drug-likeness (QED) is 0.0263. The lowest BCUT2D eigenvalue weighted by atomic mass is 10.0. The molecule has 0 saturated heterocycles. The van der Waals surface area contributed by atoms with E-state index in [1.165, 1.54) is 148 Å². The molecule has 0 heterocycles. The average Bonchev–Trinajstić information content (AvgIpc) is 3.14. The second kappa shape index (κ2) is 38.9. The molecule has 0 amide bonds. The van der Waals surface area contributed by atoms with E-state index in [1.54, 1.807) is 21.1 Å². The lowest BCUT2D eigenvalue weighted by Crippen LogP contribution is -2.55. The van der Waals surface area contributed by atoms with Gasteiger partial charge in [0.2, 0.25) is 0 Å². The van der Waals surface area contributed by atoms with Gasteiger partial charge in [-0.3, -0.25) is 9.59 Å². The average molecular weight is 780 g/mol. The van der Waals surface area contributed by atoms with Crippen molar-refractivity contribution in [1.82, 2.24) is 0 Å². The molecule has 0 rings (SSSR count). The lowest BCUT2D eigenvalue weighted by molar-refractivity contribution is -0.889. The van der Waals surface area contributed by atoms with Gasteiger partial charge in [0.1, 0.15) is 12.6 Å². The van der Waals surface area contributed by atoms with Crippen LogP contribution in [-0.2, 0) is 28.6 Å². The summed E-state index contributed by atoms with van der Waals surface area (Å²) in [7, 11) is 5.42. The van der Waals surface area contributed by atoms with Crippen LogP contribution in [0.15, 0.2) is 12.2 Å². The van der Waals surface area contributed by atoms with Gasteiger partial charge in [-0.1, -0.05) is 174 Å². The molecule has 0 N–H and O–H groups in total. The van der Waals surface area contributed by atoms with Gasteiger partial charge in [0.05, 0.1) is 40.3 Å². The van der Waals surface area contributed by atoms with E-state index in [0.29, 0.717) is 12.8 Å². The summed E-state index contributed by atoms with van der Waals surface area (Å²) in [5.74, 6) is -1.72. The van der Waals surface area contributed by atoms with E-state index in [9.17, 15) is 19.5 Å². The number of ether oxygens (including phenoxy) is 3. The first-order valence-corrected chi connectivity index (χ1v) is 23.2. The molecule has 324 valence electrons. The van der Waals surface area contributed by atoms with Gasteiger partial charge in [0.15, 0.2) is 6.10 Å². The van der Waals surface area contributed by atoms with Gasteiger partial charge in [0.25, 0.3) is 0 Å². The number of rotatable bonds is 42. The Morgan fingerprint density at radius 2 is 0.909 bits per heavy atom. The Morgan fingerprint density at radius 3 is 1.31 bits per heavy atom. The molecule has 0 radical (unpaired) electrons. The predicted molar refractivity (Wildman–Crippen MR) is 227 cm³/mol. The summed E-state index contributed by atoms with van der Waals surface area (Å²) in [6.45, 7) is 4.68. The van der Waals surface area contributed by atoms with Crippen LogP contribution in [0, 0.1) is 0 Å². The summed E-state index contributed by atoms with van der Waals surface area (Å²) >= 11 is 0. The van der Waals surface area contributed by atoms with Crippen molar-refractivity contribution in [2.75, 3.05) is 41.0 Å². The number of hydrogen-bond donors (Lipinski definition) is 0. The smallest absolute Gasteiger partial charge is 0.306 e. The molecule has 55 heavy (non-hydrogen) atoms. The number of unbranched alkanes of at least 4 members (excludes halogenated alkanes) is 26. The Labute approximate surface area is 339 Å². The topological polar surface area (TPSA) is 102 Å². The van der Waals surface area contributed by atoms with Crippen LogP contribution in [0.5, 0.6) is 0 Å². The SMILES string of the molecule is CCCCCCCC/C=C/CCCCCCCCCC(=O)OC(COCCC(C(=O)[O-])[N+](C)(C)C)COC(=O)CCCCCCCCCCCCCCCC. The fraction of sp³-hybridized carbons (Fsp3) is 0.894. The van der Waals surface area contributed by atoms with Gasteiger partial charge in [0, 0.05) is 19.3 Å². The fourth-order valence-electron chi connectivity index (χ4n) is 7.01. The molecular weight excluding hydrogens is 691 g/mol. The summed E-state index contributed by atoms with van der Waals surface area (Å²) < 4.78 is 17.2. The maximum absolute atomic E-state index is 12.7. The second-order valence-electron chi connectivity index (χ2n) is 17.0. The van der Waals surface area contributed by atoms with E-state index in [0.717, 1.165) is 38.5 Å². The van der Waals surface area contributed by atoms with Crippen LogP contribution in [0.3, 0.4) is 0 Å². The van der Waals surface area contributed by atoms with Crippen LogP contribution < -0.4 is 5.11 Å². The van der Waals surface area contributed by atoms with Crippen LogP contribution >= 0.6 is 0 Å². The first-order valence-electron chi connectivity index (χ1n) is 23.2. The summed E-state index contributed by atoms with van der Waals surface area (Å²) in [5.41, 5.74) is 0. The molecule has 0 bridgehead atoms. The summed E-state index contributed by atoms with van der Waals surface area (Å²) in [5, 5.41) is 11.6. The molecular formula is C47H89NO7. The van der Waals surface area contributed by atoms with Crippen LogP contribution in [0.4, 0.5) is 0 Å². The monoisotopic (exact) mass is 780 g/mol. The normalized spacial score (nSPS) is 13.0. The number of aliphatic carboxylic acids is 1. The first-order chi connectivity index (χ1) is 26.6. The van der Waals surface area contributed by atoms with Crippen molar-refractivity contribution < 1.29 is 38.2 Å². The Kier molecular flexibility index (Phi) is 37.6. The number of esters is 2. The number of carboxylic acids is 1. The lowest BCUT2D eigenvalue weighted by Gasteiger charge is -2.34. The van der Waals surface area contributed by atoms with Gasteiger partial charge in [-0.25, -0.2) is 0 Å². The molecule has 0 aromatic rings. The zero-order valence-corrected chi connectivity index (χ0v) is 36.9. The Balaban J connectivity index is 4.29. The van der Waals surface area contributed by atoms with E-state index in [4.69, 9.17) is 14.2 Å². The fourth-order valence-corrected chi connectivity index (χ4v) is 7.01. The molecule has 0 spiro atoms. The number of nitrogens with zero attached hydrogens (tertiary/aromatic N) is 1. The van der Waals surface area contributed by atoms with Crippen molar-refractivity contribution in [3.8, 4) is 0 Å². The highest BCUT2D eigenvalue weighted by Crippen LogP contribution is 2.15. The minimum Gasteiger partial charge on any atom is -0.544 e. The van der Waals surface area contributed by atoms with E-state index < -0.39 is 18.1 Å². The molecule has 8 heteroatoms. The van der Waals surface area contributed by atoms with Gasteiger partial charge >= 0.3 is 11.9 Å². The van der Waals surface area contributed by atoms with Crippen LogP contribution in [-0.4, -0.2) is 75.5 Å². The number of quaternary nitrogens is 1. The number of carbonyl (C=O) groups is 3. The minimum absolute atomic E-state index is 0.0447. The van der Waals surface area contributed by atoms with Gasteiger partial charge < -0.3 is 28.6 Å². The highest BCUT2D eigenvalue weighted by Gasteiger charge is 2.25. The highest BCUT2D eigenvalue weighted by molar-refractivity contribution is 5.70. The van der Waals surface area contributed by atoms with Crippen LogP contribution in [0.2, 0.25) is 0 Å². The molecule has 0 aliphatic heterocycles. The van der Waals surface area contributed by atoms with Gasteiger partial charge in [-0.05, 0) is 38.5 Å². The maximum Gasteiger partial charge on any atom is 0.306 e. The molecule has 0 fully saturated rings.